The maximum atomic E-state index is 13.1. The molecule has 0 aromatic carbocycles. The van der Waals surface area contributed by atoms with E-state index >= 15 is 0 Å². The van der Waals surface area contributed by atoms with Crippen molar-refractivity contribution in [2.75, 3.05) is 10.6 Å². The normalized spacial score (nSPS) is 15.2. The Morgan fingerprint density at radius 1 is 1.23 bits per heavy atom. The lowest BCUT2D eigenvalue weighted by molar-refractivity contribution is -0.0665. The zero-order chi connectivity index (χ0) is 18.5. The van der Waals surface area contributed by atoms with E-state index in [0.717, 1.165) is 19.3 Å². The second-order valence-electron chi connectivity index (χ2n) is 5.67. The molecule has 1 atom stereocenters. The van der Waals surface area contributed by atoms with Gasteiger partial charge in [0.1, 0.15) is 17.1 Å². The van der Waals surface area contributed by atoms with Gasteiger partial charge in [-0.05, 0) is 25.3 Å². The van der Waals surface area contributed by atoms with Crippen LogP contribution in [-0.4, -0.2) is 39.7 Å². The standard InChI is InChI=1S/C16H16F3N5O2/c17-13(18)14(19)26-12-5-6-20-8-11(12)23-15(25)10-4-7-21-16(24-10)22-9-2-1-3-9/h4-9,13-14H,1-3H2,(H,23,25)(H,21,22,24). The topological polar surface area (TPSA) is 89.0 Å². The van der Waals surface area contributed by atoms with E-state index in [2.05, 4.69) is 30.3 Å². The van der Waals surface area contributed by atoms with Crippen molar-refractivity contribution in [1.82, 2.24) is 15.0 Å². The van der Waals surface area contributed by atoms with E-state index in [9.17, 15) is 18.0 Å². The van der Waals surface area contributed by atoms with E-state index in [-0.39, 0.29) is 17.1 Å². The molecule has 138 valence electrons. The Morgan fingerprint density at radius 3 is 2.73 bits per heavy atom. The third-order valence-corrected chi connectivity index (χ3v) is 3.79. The predicted molar refractivity (Wildman–Crippen MR) is 87.0 cm³/mol. The minimum atomic E-state index is -3.31. The number of ether oxygens (including phenoxy) is 1. The molecule has 1 aliphatic carbocycles. The number of carbonyl (C=O) groups is 1. The summed E-state index contributed by atoms with van der Waals surface area (Å²) in [6, 6.07) is 2.87. The van der Waals surface area contributed by atoms with Crippen LogP contribution in [0.3, 0.4) is 0 Å². The number of alkyl halides is 3. The van der Waals surface area contributed by atoms with E-state index in [4.69, 9.17) is 0 Å². The second kappa shape index (κ2) is 7.98. The first-order chi connectivity index (χ1) is 12.5. The van der Waals surface area contributed by atoms with Crippen molar-refractivity contribution < 1.29 is 22.7 Å². The highest BCUT2D eigenvalue weighted by atomic mass is 19.3. The number of nitrogens with zero attached hydrogens (tertiary/aromatic N) is 3. The third-order valence-electron chi connectivity index (χ3n) is 3.79. The number of halogens is 3. The van der Waals surface area contributed by atoms with Crippen LogP contribution in [0.15, 0.2) is 30.7 Å². The first kappa shape index (κ1) is 17.9. The van der Waals surface area contributed by atoms with E-state index in [0.29, 0.717) is 12.0 Å². The molecule has 3 rings (SSSR count). The van der Waals surface area contributed by atoms with Gasteiger partial charge < -0.3 is 15.4 Å². The highest BCUT2D eigenvalue weighted by Crippen LogP contribution is 2.26. The Hall–Kier alpha value is -2.91. The fourth-order valence-electron chi connectivity index (χ4n) is 2.23. The highest BCUT2D eigenvalue weighted by Gasteiger charge is 2.23. The number of nitrogens with one attached hydrogen (secondary N) is 2. The molecule has 7 nitrogen and oxygen atoms in total. The Morgan fingerprint density at radius 2 is 2.04 bits per heavy atom. The Kier molecular flexibility index (Phi) is 5.49. The van der Waals surface area contributed by atoms with Crippen molar-refractivity contribution in [2.24, 2.45) is 0 Å². The average molecular weight is 367 g/mol. The van der Waals surface area contributed by atoms with Crippen molar-refractivity contribution >= 4 is 17.5 Å². The summed E-state index contributed by atoms with van der Waals surface area (Å²) in [5.41, 5.74) is 0.00944. The minimum Gasteiger partial charge on any atom is -0.452 e. The van der Waals surface area contributed by atoms with Gasteiger partial charge in [0.25, 0.3) is 12.3 Å². The first-order valence-corrected chi connectivity index (χ1v) is 7.97. The zero-order valence-electron chi connectivity index (χ0n) is 13.5. The van der Waals surface area contributed by atoms with Gasteiger partial charge in [-0.15, -0.1) is 0 Å². The van der Waals surface area contributed by atoms with E-state index in [1.165, 1.54) is 30.7 Å². The summed E-state index contributed by atoms with van der Waals surface area (Å²) in [5, 5.41) is 5.54. The number of rotatable bonds is 7. The maximum absolute atomic E-state index is 13.1. The highest BCUT2D eigenvalue weighted by molar-refractivity contribution is 6.03. The Labute approximate surface area is 147 Å². The van der Waals surface area contributed by atoms with Crippen LogP contribution in [0.5, 0.6) is 5.75 Å². The first-order valence-electron chi connectivity index (χ1n) is 7.97. The molecule has 1 fully saturated rings. The number of aromatic nitrogens is 3. The summed E-state index contributed by atoms with van der Waals surface area (Å²) in [4.78, 5) is 24.3. The van der Waals surface area contributed by atoms with Gasteiger partial charge in [-0.25, -0.2) is 18.7 Å². The monoisotopic (exact) mass is 367 g/mol. The number of pyridine rings is 1. The van der Waals surface area contributed by atoms with Gasteiger partial charge in [0.05, 0.1) is 6.20 Å². The molecule has 2 aromatic heterocycles. The van der Waals surface area contributed by atoms with Crippen LogP contribution in [0, 0.1) is 0 Å². The lowest BCUT2D eigenvalue weighted by Crippen LogP contribution is -2.28. The van der Waals surface area contributed by atoms with Gasteiger partial charge in [-0.2, -0.15) is 4.39 Å². The largest absolute Gasteiger partial charge is 0.452 e. The van der Waals surface area contributed by atoms with Crippen LogP contribution < -0.4 is 15.4 Å². The molecular formula is C16H16F3N5O2. The third kappa shape index (κ3) is 4.38. The van der Waals surface area contributed by atoms with E-state index in [1.807, 2.05) is 0 Å². The molecule has 2 N–H and O–H groups in total. The number of hydrogen-bond donors (Lipinski definition) is 2. The SMILES string of the molecule is O=C(Nc1cnccc1OC(F)C(F)F)c1ccnc(NC2CCC2)n1. The molecule has 0 aliphatic heterocycles. The van der Waals surface area contributed by atoms with Crippen LogP contribution in [0.25, 0.3) is 0 Å². The maximum Gasteiger partial charge on any atom is 0.304 e. The van der Waals surface area contributed by atoms with Gasteiger partial charge in [0.15, 0.2) is 0 Å². The quantitative estimate of drug-likeness (QED) is 0.782. The molecule has 2 heterocycles. The number of carbonyl (C=O) groups excluding carboxylic acids is 1. The molecule has 1 amide bonds. The van der Waals surface area contributed by atoms with Gasteiger partial charge in [0, 0.05) is 24.5 Å². The van der Waals surface area contributed by atoms with E-state index < -0.39 is 18.7 Å². The molecule has 0 bridgehead atoms. The van der Waals surface area contributed by atoms with Gasteiger partial charge in [-0.3, -0.25) is 9.78 Å². The summed E-state index contributed by atoms with van der Waals surface area (Å²) in [5.74, 6) is -0.566. The molecule has 1 saturated carbocycles. The molecule has 1 unspecified atom stereocenters. The fraction of sp³-hybridized carbons (Fsp3) is 0.375. The van der Waals surface area contributed by atoms with Crippen LogP contribution >= 0.6 is 0 Å². The van der Waals surface area contributed by atoms with Crippen molar-refractivity contribution in [2.45, 2.75) is 38.1 Å². The van der Waals surface area contributed by atoms with Gasteiger partial charge in [0.2, 0.25) is 5.95 Å². The number of anilines is 2. The van der Waals surface area contributed by atoms with Crippen molar-refractivity contribution in [3.8, 4) is 5.75 Å². The molecule has 0 spiro atoms. The molecule has 0 radical (unpaired) electrons. The molecular weight excluding hydrogens is 351 g/mol. The summed E-state index contributed by atoms with van der Waals surface area (Å²) >= 11 is 0. The Bertz CT molecular complexity index is 773. The molecule has 0 saturated heterocycles. The average Bonchev–Trinajstić information content (AvgIpc) is 2.60. The predicted octanol–water partition coefficient (Wildman–Crippen LogP) is 3.03. The lowest BCUT2D eigenvalue weighted by Gasteiger charge is -2.26. The summed E-state index contributed by atoms with van der Waals surface area (Å²) < 4.78 is 42.3. The molecule has 26 heavy (non-hydrogen) atoms. The fourth-order valence-corrected chi connectivity index (χ4v) is 2.23. The zero-order valence-corrected chi connectivity index (χ0v) is 13.5. The van der Waals surface area contributed by atoms with Crippen molar-refractivity contribution in [3.05, 3.63) is 36.4 Å². The molecule has 2 aromatic rings. The lowest BCUT2D eigenvalue weighted by atomic mass is 9.93. The molecule has 1 aliphatic rings. The summed E-state index contributed by atoms with van der Waals surface area (Å²) in [7, 11) is 0. The second-order valence-corrected chi connectivity index (χ2v) is 5.67. The van der Waals surface area contributed by atoms with Crippen LogP contribution in [0.1, 0.15) is 29.8 Å². The van der Waals surface area contributed by atoms with Gasteiger partial charge in [-0.1, -0.05) is 0 Å². The van der Waals surface area contributed by atoms with Crippen molar-refractivity contribution in [1.29, 1.82) is 0 Å². The number of amides is 1. The number of hydrogen-bond acceptors (Lipinski definition) is 6. The smallest absolute Gasteiger partial charge is 0.304 e. The minimum absolute atomic E-state index is 0.0482. The van der Waals surface area contributed by atoms with Crippen LogP contribution in [0.2, 0.25) is 0 Å². The van der Waals surface area contributed by atoms with Gasteiger partial charge >= 0.3 is 6.43 Å². The van der Waals surface area contributed by atoms with Crippen molar-refractivity contribution in [3.63, 3.8) is 0 Å². The molecule has 10 heteroatoms. The van der Waals surface area contributed by atoms with E-state index in [1.54, 1.807) is 0 Å². The summed E-state index contributed by atoms with van der Waals surface area (Å²) in [6.07, 6.45) is 0.872. The van der Waals surface area contributed by atoms with Crippen LogP contribution in [-0.2, 0) is 0 Å². The van der Waals surface area contributed by atoms with Crippen LogP contribution in [0.4, 0.5) is 24.8 Å². The Balaban J connectivity index is 1.70. The summed E-state index contributed by atoms with van der Waals surface area (Å²) in [6.45, 7) is 0.